The molecule has 0 fully saturated rings. The highest BCUT2D eigenvalue weighted by Gasteiger charge is 2.23. The molecule has 3 N–H and O–H groups in total. The van der Waals surface area contributed by atoms with Crippen LogP contribution in [-0.2, 0) is 9.59 Å². The van der Waals surface area contributed by atoms with E-state index < -0.39 is 11.9 Å². The van der Waals surface area contributed by atoms with Crippen molar-refractivity contribution in [2.45, 2.75) is 45.1 Å². The Hall–Kier alpha value is -2.80. The molecule has 0 bridgehead atoms. The monoisotopic (exact) mass is 427 g/mol. The summed E-state index contributed by atoms with van der Waals surface area (Å²) in [6.45, 7) is 7.79. The average molecular weight is 428 g/mol. The number of benzene rings is 2. The Morgan fingerprint density at radius 1 is 0.933 bits per heavy atom. The van der Waals surface area contributed by atoms with Crippen LogP contribution in [0, 0.1) is 19.8 Å². The number of thioether (sulfide) groups is 1. The Balaban J connectivity index is 1.89. The Kier molecular flexibility index (Phi) is 8.92. The summed E-state index contributed by atoms with van der Waals surface area (Å²) in [6.07, 6.45) is 0.456. The Labute approximate surface area is 182 Å². The summed E-state index contributed by atoms with van der Waals surface area (Å²) in [5.41, 5.74) is 7.38. The number of carbonyl (C=O) groups excluding carboxylic acids is 3. The topological polar surface area (TPSA) is 87.3 Å². The van der Waals surface area contributed by atoms with Crippen molar-refractivity contribution in [2.24, 2.45) is 5.92 Å². The first-order valence-corrected chi connectivity index (χ1v) is 10.9. The quantitative estimate of drug-likeness (QED) is 0.445. The van der Waals surface area contributed by atoms with Gasteiger partial charge in [-0.2, -0.15) is 0 Å². The van der Waals surface area contributed by atoms with E-state index in [1.165, 1.54) is 11.8 Å². The second kappa shape index (κ2) is 11.4. The molecule has 0 aliphatic rings. The molecule has 2 aromatic rings. The fraction of sp³-hybridized carbons (Fsp3) is 0.348. The minimum absolute atomic E-state index is 0.174. The molecule has 0 spiro atoms. The van der Waals surface area contributed by atoms with E-state index in [9.17, 15) is 14.4 Å². The molecule has 160 valence electrons. The highest BCUT2D eigenvalue weighted by molar-refractivity contribution is 8.00. The van der Waals surface area contributed by atoms with Crippen molar-refractivity contribution < 1.29 is 14.4 Å². The van der Waals surface area contributed by atoms with E-state index in [4.69, 9.17) is 0 Å². The number of hydrazine groups is 1. The predicted octanol–water partition coefficient (Wildman–Crippen LogP) is 3.39. The molecule has 2 aromatic carbocycles. The van der Waals surface area contributed by atoms with Gasteiger partial charge in [0.15, 0.2) is 0 Å². The summed E-state index contributed by atoms with van der Waals surface area (Å²) >= 11 is 1.38. The van der Waals surface area contributed by atoms with Crippen molar-refractivity contribution in [1.29, 1.82) is 0 Å². The van der Waals surface area contributed by atoms with Gasteiger partial charge in [0.25, 0.3) is 11.8 Å². The minimum atomic E-state index is -0.748. The van der Waals surface area contributed by atoms with E-state index in [1.54, 1.807) is 12.1 Å². The van der Waals surface area contributed by atoms with Gasteiger partial charge in [0, 0.05) is 10.5 Å². The lowest BCUT2D eigenvalue weighted by Gasteiger charge is -2.21. The second-order valence-electron chi connectivity index (χ2n) is 7.61. The number of amides is 3. The van der Waals surface area contributed by atoms with Gasteiger partial charge in [-0.25, -0.2) is 0 Å². The second-order valence-corrected chi connectivity index (χ2v) is 8.66. The molecule has 0 radical (unpaired) electrons. The van der Waals surface area contributed by atoms with E-state index in [0.717, 1.165) is 16.0 Å². The van der Waals surface area contributed by atoms with Gasteiger partial charge in [-0.15, -0.1) is 11.8 Å². The Bertz CT molecular complexity index is 882. The van der Waals surface area contributed by atoms with Gasteiger partial charge >= 0.3 is 0 Å². The number of nitrogens with one attached hydrogen (secondary N) is 3. The van der Waals surface area contributed by atoms with Crippen LogP contribution in [-0.4, -0.2) is 29.5 Å². The standard InChI is InChI=1S/C23H29N3O3S/c1-15(2)13-20(24-22(28)19-8-6-5-7-17(19)4)23(29)26-25-21(27)14-30-18-11-9-16(3)10-12-18/h5-12,15,20H,13-14H2,1-4H3,(H,24,28)(H,25,27)(H,26,29)/t20-/m1/s1. The first-order valence-electron chi connectivity index (χ1n) is 9.91. The van der Waals surface area contributed by atoms with Crippen LogP contribution in [0.2, 0.25) is 0 Å². The number of hydrogen-bond acceptors (Lipinski definition) is 4. The van der Waals surface area contributed by atoms with Crippen molar-refractivity contribution in [3.05, 3.63) is 65.2 Å². The van der Waals surface area contributed by atoms with Gasteiger partial charge in [-0.3, -0.25) is 25.2 Å². The van der Waals surface area contributed by atoms with Crippen LogP contribution >= 0.6 is 11.8 Å². The highest BCUT2D eigenvalue weighted by Crippen LogP contribution is 2.17. The van der Waals surface area contributed by atoms with E-state index in [-0.39, 0.29) is 23.5 Å². The number of aryl methyl sites for hydroxylation is 2. The van der Waals surface area contributed by atoms with Crippen molar-refractivity contribution in [3.8, 4) is 0 Å². The minimum Gasteiger partial charge on any atom is -0.340 e. The fourth-order valence-corrected chi connectivity index (χ4v) is 3.50. The zero-order chi connectivity index (χ0) is 22.1. The molecule has 0 aliphatic heterocycles. The number of hydrogen-bond donors (Lipinski definition) is 3. The normalized spacial score (nSPS) is 11.6. The lowest BCUT2D eigenvalue weighted by atomic mass is 10.0. The molecule has 0 aromatic heterocycles. The van der Waals surface area contributed by atoms with Crippen LogP contribution in [0.25, 0.3) is 0 Å². The summed E-state index contributed by atoms with van der Waals surface area (Å²) in [5.74, 6) is -0.712. The van der Waals surface area contributed by atoms with E-state index >= 15 is 0 Å². The van der Waals surface area contributed by atoms with Gasteiger partial charge in [-0.05, 0) is 49.9 Å². The summed E-state index contributed by atoms with van der Waals surface area (Å²) in [5, 5.41) is 2.78. The van der Waals surface area contributed by atoms with Gasteiger partial charge < -0.3 is 5.32 Å². The summed E-state index contributed by atoms with van der Waals surface area (Å²) in [6, 6.07) is 14.3. The zero-order valence-corrected chi connectivity index (χ0v) is 18.6. The van der Waals surface area contributed by atoms with Crippen LogP contribution in [0.5, 0.6) is 0 Å². The van der Waals surface area contributed by atoms with Crippen LogP contribution in [0.3, 0.4) is 0 Å². The summed E-state index contributed by atoms with van der Waals surface area (Å²) in [4.78, 5) is 38.3. The van der Waals surface area contributed by atoms with Gasteiger partial charge in [0.2, 0.25) is 5.91 Å². The van der Waals surface area contributed by atoms with Crippen molar-refractivity contribution in [3.63, 3.8) is 0 Å². The number of rotatable bonds is 8. The van der Waals surface area contributed by atoms with Crippen LogP contribution in [0.4, 0.5) is 0 Å². The van der Waals surface area contributed by atoms with Crippen molar-refractivity contribution in [1.82, 2.24) is 16.2 Å². The molecule has 30 heavy (non-hydrogen) atoms. The molecule has 7 heteroatoms. The third kappa shape index (κ3) is 7.55. The molecular formula is C23H29N3O3S. The van der Waals surface area contributed by atoms with Crippen LogP contribution in [0.1, 0.15) is 41.8 Å². The smallest absolute Gasteiger partial charge is 0.260 e. The first-order chi connectivity index (χ1) is 14.3. The maximum atomic E-state index is 12.6. The van der Waals surface area contributed by atoms with Gasteiger partial charge in [-0.1, -0.05) is 49.7 Å². The molecule has 6 nitrogen and oxygen atoms in total. The molecular weight excluding hydrogens is 398 g/mol. The molecule has 0 heterocycles. The van der Waals surface area contributed by atoms with E-state index in [2.05, 4.69) is 16.2 Å². The maximum absolute atomic E-state index is 12.6. The Morgan fingerprint density at radius 2 is 1.60 bits per heavy atom. The molecule has 0 saturated carbocycles. The molecule has 2 rings (SSSR count). The van der Waals surface area contributed by atoms with Crippen LogP contribution < -0.4 is 16.2 Å². The Morgan fingerprint density at radius 3 is 2.23 bits per heavy atom. The number of carbonyl (C=O) groups is 3. The molecule has 1 atom stereocenters. The SMILES string of the molecule is Cc1ccc(SCC(=O)NNC(=O)[C@@H](CC(C)C)NC(=O)c2ccccc2C)cc1. The molecule has 0 aliphatic carbocycles. The third-order valence-electron chi connectivity index (χ3n) is 4.43. The van der Waals surface area contributed by atoms with E-state index in [1.807, 2.05) is 64.1 Å². The summed E-state index contributed by atoms with van der Waals surface area (Å²) < 4.78 is 0. The lowest BCUT2D eigenvalue weighted by molar-refractivity contribution is -0.129. The molecule has 3 amide bonds. The third-order valence-corrected chi connectivity index (χ3v) is 5.45. The summed E-state index contributed by atoms with van der Waals surface area (Å²) in [7, 11) is 0. The van der Waals surface area contributed by atoms with E-state index in [0.29, 0.717) is 12.0 Å². The van der Waals surface area contributed by atoms with Crippen molar-refractivity contribution in [2.75, 3.05) is 5.75 Å². The van der Waals surface area contributed by atoms with Gasteiger partial charge in [0.05, 0.1) is 5.75 Å². The van der Waals surface area contributed by atoms with Gasteiger partial charge in [0.1, 0.15) is 6.04 Å². The maximum Gasteiger partial charge on any atom is 0.260 e. The molecule has 0 saturated heterocycles. The largest absolute Gasteiger partial charge is 0.340 e. The fourth-order valence-electron chi connectivity index (χ4n) is 2.80. The lowest BCUT2D eigenvalue weighted by Crippen LogP contribution is -2.53. The zero-order valence-electron chi connectivity index (χ0n) is 17.8. The predicted molar refractivity (Wildman–Crippen MR) is 120 cm³/mol. The van der Waals surface area contributed by atoms with Crippen LogP contribution in [0.15, 0.2) is 53.4 Å². The highest BCUT2D eigenvalue weighted by atomic mass is 32.2. The first kappa shape index (κ1) is 23.5. The van der Waals surface area contributed by atoms with Crippen molar-refractivity contribution >= 4 is 29.5 Å². The molecule has 0 unspecified atom stereocenters. The average Bonchev–Trinajstić information content (AvgIpc) is 2.71.